The highest BCUT2D eigenvalue weighted by Crippen LogP contribution is 2.34. The lowest BCUT2D eigenvalue weighted by Gasteiger charge is -2.15. The molecule has 1 amide bonds. The Morgan fingerprint density at radius 2 is 2.04 bits per heavy atom. The molecule has 0 unspecified atom stereocenters. The summed E-state index contributed by atoms with van der Waals surface area (Å²) in [5.74, 6) is 4.74. The largest absolute Gasteiger partial charge is 0.508 e. The van der Waals surface area contributed by atoms with Crippen LogP contribution in [-0.2, 0) is 0 Å². The van der Waals surface area contributed by atoms with Crippen LogP contribution in [0.15, 0.2) is 18.3 Å². The number of hydrogen-bond donors (Lipinski definition) is 4. The number of carbonyl (C=O) groups is 1. The number of rotatable bonds is 2. The van der Waals surface area contributed by atoms with Crippen LogP contribution in [0.1, 0.15) is 34.1 Å². The van der Waals surface area contributed by atoms with Crippen molar-refractivity contribution in [3.05, 3.63) is 40.7 Å². The molecule has 8 heteroatoms. The minimum absolute atomic E-state index is 0.0506. The van der Waals surface area contributed by atoms with Crippen molar-refractivity contribution in [3.8, 4) is 23.3 Å². The van der Waals surface area contributed by atoms with Crippen molar-refractivity contribution in [2.45, 2.75) is 26.9 Å². The second-order valence-corrected chi connectivity index (χ2v) is 6.21. The molecule has 0 radical (unpaired) electrons. The van der Waals surface area contributed by atoms with Gasteiger partial charge in [-0.2, -0.15) is 0 Å². The van der Waals surface area contributed by atoms with Gasteiger partial charge in [0, 0.05) is 5.56 Å². The fourth-order valence-corrected chi connectivity index (χ4v) is 2.94. The molecular weight excluding hydrogens is 346 g/mol. The first-order valence-electron chi connectivity index (χ1n) is 8.18. The number of aliphatic hydroxyl groups is 1. The van der Waals surface area contributed by atoms with E-state index in [0.717, 1.165) is 5.56 Å². The lowest BCUT2D eigenvalue weighted by atomic mass is 10.1. The number of fused-ring (bicyclic) bond motifs is 1. The smallest absolute Gasteiger partial charge is 0.254 e. The monoisotopic (exact) mass is 365 g/mol. The van der Waals surface area contributed by atoms with Gasteiger partial charge in [0.25, 0.3) is 5.91 Å². The standard InChI is InChI=1S/C19H19N5O3/c1-9-4-7-13(26)11(3)16(9)24-17(20)14(18(21)27)15-19(24)23-12(8-22-15)6-5-10(2)25/h4,7-8,10,25-26H,20H2,1-3H3,(H2,21,27)/t10-/m1/s1. The number of carbonyl (C=O) groups excluding carboxylic acids is 1. The number of nitrogens with zero attached hydrogens (tertiary/aromatic N) is 3. The number of benzene rings is 1. The Morgan fingerprint density at radius 1 is 1.33 bits per heavy atom. The number of amides is 1. The zero-order valence-electron chi connectivity index (χ0n) is 15.1. The van der Waals surface area contributed by atoms with Gasteiger partial charge in [-0.1, -0.05) is 12.0 Å². The van der Waals surface area contributed by atoms with Gasteiger partial charge >= 0.3 is 0 Å². The van der Waals surface area contributed by atoms with E-state index in [4.69, 9.17) is 11.5 Å². The number of aryl methyl sites for hydroxylation is 1. The molecule has 0 aliphatic rings. The Morgan fingerprint density at radius 3 is 2.67 bits per heavy atom. The number of aliphatic hydroxyl groups excluding tert-OH is 1. The molecule has 0 fully saturated rings. The molecule has 138 valence electrons. The maximum absolute atomic E-state index is 12.0. The SMILES string of the molecule is Cc1ccc(O)c(C)c1-n1c(N)c(C(N)=O)c2ncc(C#C[C@@H](C)O)nc21. The van der Waals surface area contributed by atoms with Gasteiger partial charge in [-0.3, -0.25) is 9.36 Å². The van der Waals surface area contributed by atoms with E-state index in [2.05, 4.69) is 21.8 Å². The maximum Gasteiger partial charge on any atom is 0.254 e. The van der Waals surface area contributed by atoms with Crippen LogP contribution < -0.4 is 11.5 Å². The molecule has 1 aromatic carbocycles. The van der Waals surface area contributed by atoms with Gasteiger partial charge in [0.15, 0.2) is 5.65 Å². The summed E-state index contributed by atoms with van der Waals surface area (Å²) in [5, 5.41) is 19.5. The second-order valence-electron chi connectivity index (χ2n) is 6.21. The lowest BCUT2D eigenvalue weighted by molar-refractivity contribution is 0.100. The van der Waals surface area contributed by atoms with Crippen molar-refractivity contribution in [2.24, 2.45) is 5.73 Å². The molecule has 3 rings (SSSR count). The van der Waals surface area contributed by atoms with Crippen LogP contribution in [0.3, 0.4) is 0 Å². The first-order chi connectivity index (χ1) is 12.7. The molecule has 1 atom stereocenters. The summed E-state index contributed by atoms with van der Waals surface area (Å²) in [6.07, 6.45) is 0.562. The average molecular weight is 365 g/mol. The lowest BCUT2D eigenvalue weighted by Crippen LogP contribution is -2.14. The van der Waals surface area contributed by atoms with Crippen molar-refractivity contribution in [2.75, 3.05) is 5.73 Å². The minimum atomic E-state index is -0.823. The van der Waals surface area contributed by atoms with Gasteiger partial charge in [-0.15, -0.1) is 0 Å². The highest BCUT2D eigenvalue weighted by atomic mass is 16.3. The zero-order chi connectivity index (χ0) is 19.9. The third-order valence-electron chi connectivity index (χ3n) is 4.18. The minimum Gasteiger partial charge on any atom is -0.508 e. The zero-order valence-corrected chi connectivity index (χ0v) is 15.1. The van der Waals surface area contributed by atoms with E-state index in [1.807, 2.05) is 6.92 Å². The molecule has 0 saturated heterocycles. The summed E-state index contributed by atoms with van der Waals surface area (Å²) in [7, 11) is 0. The van der Waals surface area contributed by atoms with Crippen molar-refractivity contribution < 1.29 is 15.0 Å². The number of aromatic hydroxyl groups is 1. The number of aromatic nitrogens is 3. The molecule has 0 aliphatic carbocycles. The predicted molar refractivity (Wildman–Crippen MR) is 101 cm³/mol. The van der Waals surface area contributed by atoms with Gasteiger partial charge < -0.3 is 21.7 Å². The number of nitrogens with two attached hydrogens (primary N) is 2. The Bertz CT molecular complexity index is 1140. The van der Waals surface area contributed by atoms with Crippen LogP contribution in [0.4, 0.5) is 5.82 Å². The summed E-state index contributed by atoms with van der Waals surface area (Å²) in [6.45, 7) is 5.11. The number of hydrogen-bond acceptors (Lipinski definition) is 6. The Kier molecular flexibility index (Phi) is 4.47. The van der Waals surface area contributed by atoms with Gasteiger partial charge in [-0.05, 0) is 38.3 Å². The molecule has 2 aromatic heterocycles. The van der Waals surface area contributed by atoms with Crippen LogP contribution >= 0.6 is 0 Å². The van der Waals surface area contributed by atoms with E-state index in [9.17, 15) is 15.0 Å². The number of phenolic OH excluding ortho intramolecular Hbond substituents is 1. The molecule has 27 heavy (non-hydrogen) atoms. The van der Waals surface area contributed by atoms with Gasteiger partial charge in [0.2, 0.25) is 0 Å². The van der Waals surface area contributed by atoms with Crippen molar-refractivity contribution >= 4 is 22.9 Å². The number of phenols is 1. The summed E-state index contributed by atoms with van der Waals surface area (Å²) >= 11 is 0. The summed E-state index contributed by atoms with van der Waals surface area (Å²) < 4.78 is 1.54. The van der Waals surface area contributed by atoms with Gasteiger partial charge in [0.05, 0.1) is 11.9 Å². The van der Waals surface area contributed by atoms with Crippen LogP contribution in [0, 0.1) is 25.7 Å². The van der Waals surface area contributed by atoms with Crippen LogP contribution in [0.5, 0.6) is 5.75 Å². The normalized spacial score (nSPS) is 11.9. The van der Waals surface area contributed by atoms with E-state index in [1.54, 1.807) is 23.6 Å². The Balaban J connectivity index is 2.43. The van der Waals surface area contributed by atoms with Crippen LogP contribution in [0.2, 0.25) is 0 Å². The molecule has 0 saturated carbocycles. The molecule has 2 heterocycles. The van der Waals surface area contributed by atoms with Crippen molar-refractivity contribution in [1.82, 2.24) is 14.5 Å². The Hall–Kier alpha value is -3.57. The third-order valence-corrected chi connectivity index (χ3v) is 4.18. The first kappa shape index (κ1) is 18.2. The maximum atomic E-state index is 12.0. The van der Waals surface area contributed by atoms with Crippen LogP contribution in [0.25, 0.3) is 16.9 Å². The van der Waals surface area contributed by atoms with Crippen LogP contribution in [-0.4, -0.2) is 36.8 Å². The molecule has 0 spiro atoms. The number of nitrogen functional groups attached to an aromatic ring is 1. The molecule has 0 bridgehead atoms. The highest BCUT2D eigenvalue weighted by molar-refractivity contribution is 6.09. The van der Waals surface area contributed by atoms with E-state index in [1.165, 1.54) is 13.1 Å². The topological polar surface area (TPSA) is 140 Å². The summed E-state index contributed by atoms with van der Waals surface area (Å²) in [6, 6.07) is 3.31. The second kappa shape index (κ2) is 6.63. The van der Waals surface area contributed by atoms with Gasteiger partial charge in [-0.25, -0.2) is 9.97 Å². The van der Waals surface area contributed by atoms with Gasteiger partial charge in [0.1, 0.15) is 34.4 Å². The molecular formula is C19H19N5O3. The first-order valence-corrected chi connectivity index (χ1v) is 8.18. The Labute approximate surface area is 155 Å². The highest BCUT2D eigenvalue weighted by Gasteiger charge is 2.24. The van der Waals surface area contributed by atoms with E-state index in [0.29, 0.717) is 16.9 Å². The molecule has 3 aromatic rings. The average Bonchev–Trinajstić information content (AvgIpc) is 2.88. The fourth-order valence-electron chi connectivity index (χ4n) is 2.94. The predicted octanol–water partition coefficient (Wildman–Crippen LogP) is 1.16. The van der Waals surface area contributed by atoms with Crippen molar-refractivity contribution in [1.29, 1.82) is 0 Å². The number of primary amides is 1. The quantitative estimate of drug-likeness (QED) is 0.502. The van der Waals surface area contributed by atoms with E-state index < -0.39 is 12.0 Å². The number of anilines is 1. The molecule has 6 N–H and O–H groups in total. The third kappa shape index (κ3) is 3.05. The fraction of sp³-hybridized carbons (Fsp3) is 0.211. The van der Waals surface area contributed by atoms with Crippen molar-refractivity contribution in [3.63, 3.8) is 0 Å². The summed E-state index contributed by atoms with van der Waals surface area (Å²) in [5.41, 5.74) is 14.6. The molecule has 8 nitrogen and oxygen atoms in total. The molecule has 0 aliphatic heterocycles. The van der Waals surface area contributed by atoms with E-state index >= 15 is 0 Å². The summed E-state index contributed by atoms with van der Waals surface area (Å²) in [4.78, 5) is 20.7. The van der Waals surface area contributed by atoms with E-state index in [-0.39, 0.29) is 28.3 Å².